The Balaban J connectivity index is 1.22. The smallest absolute Gasteiger partial charge is 0.244 e. The van der Waals surface area contributed by atoms with E-state index >= 15 is 0 Å². The first-order valence-corrected chi connectivity index (χ1v) is 18.1. The lowest BCUT2D eigenvalue weighted by atomic mass is 9.48. The molecule has 7 rings (SSSR count). The van der Waals surface area contributed by atoms with Crippen LogP contribution in [0.1, 0.15) is 87.8 Å². The Morgan fingerprint density at radius 2 is 1.47 bits per heavy atom. The molecule has 232 valence electrons. The van der Waals surface area contributed by atoms with Crippen LogP contribution in [0.5, 0.6) is 0 Å². The van der Waals surface area contributed by atoms with E-state index in [1.165, 1.54) is 53.3 Å². The molecule has 0 unspecified atom stereocenters. The van der Waals surface area contributed by atoms with Gasteiger partial charge in [-0.1, -0.05) is 54.8 Å². The van der Waals surface area contributed by atoms with Crippen molar-refractivity contribution in [1.82, 2.24) is 10.2 Å². The second kappa shape index (κ2) is 11.9. The second-order valence-electron chi connectivity index (χ2n) is 14.2. The Morgan fingerprint density at radius 3 is 2.00 bits per heavy atom. The van der Waals surface area contributed by atoms with Crippen molar-refractivity contribution in [1.29, 1.82) is 0 Å². The molecule has 0 radical (unpaired) electrons. The highest BCUT2D eigenvalue weighted by Crippen LogP contribution is 2.60. The third-order valence-electron chi connectivity index (χ3n) is 10.8. The molecule has 5 fully saturated rings. The fourth-order valence-electron chi connectivity index (χ4n) is 8.92. The Morgan fingerprint density at radius 1 is 0.907 bits per heavy atom. The number of nitrogens with one attached hydrogen (secondary N) is 1. The number of carbonyl (C=O) groups is 2. The molecule has 8 heteroatoms. The van der Waals surface area contributed by atoms with E-state index in [1.807, 2.05) is 43.3 Å². The number of aryl methyl sites for hydroxylation is 1. The zero-order valence-corrected chi connectivity index (χ0v) is 26.7. The van der Waals surface area contributed by atoms with Crippen LogP contribution in [0.4, 0.5) is 5.69 Å². The second-order valence-corrected chi connectivity index (χ2v) is 16.1. The summed E-state index contributed by atoms with van der Waals surface area (Å²) in [6.07, 6.45) is 13.1. The predicted molar refractivity (Wildman–Crippen MR) is 170 cm³/mol. The van der Waals surface area contributed by atoms with Crippen LogP contribution in [0.2, 0.25) is 0 Å². The van der Waals surface area contributed by atoms with E-state index in [2.05, 4.69) is 17.4 Å². The number of hydrogen-bond donors (Lipinski definition) is 1. The third-order valence-corrected chi connectivity index (χ3v) is 12.0. The first-order valence-electron chi connectivity index (χ1n) is 16.2. The van der Waals surface area contributed by atoms with Crippen molar-refractivity contribution >= 4 is 27.5 Å². The minimum absolute atomic E-state index is 0.131. The highest BCUT2D eigenvalue weighted by Gasteiger charge is 2.51. The lowest BCUT2D eigenvalue weighted by Crippen LogP contribution is -2.52. The number of benzene rings is 2. The first-order chi connectivity index (χ1) is 20.5. The molecule has 2 aromatic rings. The van der Waals surface area contributed by atoms with Gasteiger partial charge in [-0.05, 0) is 112 Å². The molecule has 43 heavy (non-hydrogen) atoms. The topological polar surface area (TPSA) is 86.8 Å². The number of carbonyl (C=O) groups excluding carboxylic acids is 2. The van der Waals surface area contributed by atoms with E-state index in [1.54, 1.807) is 6.92 Å². The summed E-state index contributed by atoms with van der Waals surface area (Å²) in [4.78, 5) is 28.8. The van der Waals surface area contributed by atoms with Crippen LogP contribution in [0.25, 0.3) is 0 Å². The van der Waals surface area contributed by atoms with Crippen molar-refractivity contribution in [2.24, 2.45) is 17.8 Å². The van der Waals surface area contributed by atoms with Crippen molar-refractivity contribution < 1.29 is 18.0 Å². The van der Waals surface area contributed by atoms with Gasteiger partial charge in [-0.2, -0.15) is 0 Å². The highest BCUT2D eigenvalue weighted by atomic mass is 32.2. The van der Waals surface area contributed by atoms with Crippen LogP contribution in [-0.2, 0) is 31.6 Å². The molecule has 0 saturated heterocycles. The predicted octanol–water partition coefficient (Wildman–Crippen LogP) is 5.70. The van der Waals surface area contributed by atoms with Gasteiger partial charge >= 0.3 is 0 Å². The molecule has 0 aliphatic heterocycles. The fourth-order valence-corrected chi connectivity index (χ4v) is 9.77. The summed E-state index contributed by atoms with van der Waals surface area (Å²) in [6.45, 7) is 3.60. The summed E-state index contributed by atoms with van der Waals surface area (Å²) >= 11 is 0. The van der Waals surface area contributed by atoms with Crippen LogP contribution in [0.15, 0.2) is 48.5 Å². The Hall–Kier alpha value is -2.87. The largest absolute Gasteiger partial charge is 0.352 e. The highest BCUT2D eigenvalue weighted by molar-refractivity contribution is 7.92. The normalized spacial score (nSPS) is 27.2. The molecule has 7 nitrogen and oxygen atoms in total. The fraction of sp³-hybridized carbons (Fsp3) is 0.600. The first kappa shape index (κ1) is 30.2. The van der Waals surface area contributed by atoms with Gasteiger partial charge in [0.25, 0.3) is 0 Å². The quantitative estimate of drug-likeness (QED) is 0.376. The summed E-state index contributed by atoms with van der Waals surface area (Å²) in [6, 6.07) is 15.2. The van der Waals surface area contributed by atoms with Crippen molar-refractivity contribution in [2.75, 3.05) is 17.1 Å². The summed E-state index contributed by atoms with van der Waals surface area (Å²) < 4.78 is 27.4. The van der Waals surface area contributed by atoms with Crippen molar-refractivity contribution in [3.05, 3.63) is 65.2 Å². The Kier molecular flexibility index (Phi) is 8.35. The molecule has 0 spiro atoms. The lowest BCUT2D eigenvalue weighted by molar-refractivity contribution is -0.139. The van der Waals surface area contributed by atoms with Gasteiger partial charge < -0.3 is 10.2 Å². The van der Waals surface area contributed by atoms with E-state index in [-0.39, 0.29) is 30.5 Å². The average Bonchev–Trinajstić information content (AvgIpc) is 3.47. The van der Waals surface area contributed by atoms with Gasteiger partial charge in [0.15, 0.2) is 0 Å². The molecule has 5 aliphatic rings. The summed E-state index contributed by atoms with van der Waals surface area (Å²) in [5, 5.41) is 3.12. The number of hydrogen-bond acceptors (Lipinski definition) is 4. The van der Waals surface area contributed by atoms with Gasteiger partial charge in [0, 0.05) is 12.6 Å². The molecule has 0 heterocycles. The van der Waals surface area contributed by atoms with Crippen LogP contribution >= 0.6 is 0 Å². The van der Waals surface area contributed by atoms with E-state index in [0.29, 0.717) is 5.69 Å². The Bertz CT molecular complexity index is 1400. The minimum Gasteiger partial charge on any atom is -0.352 e. The maximum atomic E-state index is 14.0. The molecule has 2 aromatic carbocycles. The maximum Gasteiger partial charge on any atom is 0.244 e. The van der Waals surface area contributed by atoms with E-state index < -0.39 is 22.0 Å². The van der Waals surface area contributed by atoms with E-state index in [9.17, 15) is 18.0 Å². The van der Waals surface area contributed by atoms with Crippen LogP contribution in [0.3, 0.4) is 0 Å². The maximum absolute atomic E-state index is 14.0. The molecule has 1 atom stereocenters. The molecule has 5 saturated carbocycles. The van der Waals surface area contributed by atoms with Gasteiger partial charge in [0.2, 0.25) is 21.8 Å². The number of anilines is 1. The molecule has 0 aromatic heterocycles. The van der Waals surface area contributed by atoms with Crippen molar-refractivity contribution in [2.45, 2.75) is 102 Å². The number of sulfonamides is 1. The van der Waals surface area contributed by atoms with Gasteiger partial charge in [-0.3, -0.25) is 13.9 Å². The monoisotopic (exact) mass is 605 g/mol. The molecule has 1 N–H and O–H groups in total. The standard InChI is InChI=1S/C35H47N3O4S/c1-24-8-10-26(11-9-24)22-37(25(2)34(40)36-31-6-4-5-7-31)33(39)23-38(43(3,41)42)32-14-12-30(13-15-32)35-19-27-16-28(20-35)18-29(17-27)21-35/h8-15,25,27-29,31H,4-7,16-23H2,1-3H3,(H,36,40)/t25-,27?,28?,29?,35?/m1/s1. The van der Waals surface area contributed by atoms with Crippen LogP contribution in [0, 0.1) is 24.7 Å². The van der Waals surface area contributed by atoms with Crippen LogP contribution < -0.4 is 9.62 Å². The van der Waals surface area contributed by atoms with Gasteiger partial charge in [0.1, 0.15) is 12.6 Å². The zero-order valence-electron chi connectivity index (χ0n) is 25.9. The molecule has 2 amide bonds. The van der Waals surface area contributed by atoms with Crippen molar-refractivity contribution in [3.63, 3.8) is 0 Å². The Labute approximate surface area is 257 Å². The number of nitrogens with zero attached hydrogens (tertiary/aromatic N) is 2. The number of rotatable bonds is 10. The van der Waals surface area contributed by atoms with E-state index in [0.717, 1.165) is 60.8 Å². The van der Waals surface area contributed by atoms with Crippen LogP contribution in [-0.4, -0.2) is 50.0 Å². The molecule has 5 aliphatic carbocycles. The van der Waals surface area contributed by atoms with Gasteiger partial charge in [0.05, 0.1) is 11.9 Å². The lowest BCUT2D eigenvalue weighted by Gasteiger charge is -2.57. The average molecular weight is 606 g/mol. The summed E-state index contributed by atoms with van der Waals surface area (Å²) in [5.41, 5.74) is 4.02. The minimum atomic E-state index is -3.76. The van der Waals surface area contributed by atoms with Gasteiger partial charge in [-0.15, -0.1) is 0 Å². The summed E-state index contributed by atoms with van der Waals surface area (Å²) in [5.74, 6) is 1.87. The van der Waals surface area contributed by atoms with Crippen molar-refractivity contribution in [3.8, 4) is 0 Å². The zero-order chi connectivity index (χ0) is 30.4. The third kappa shape index (κ3) is 6.50. The SMILES string of the molecule is Cc1ccc(CN(C(=O)CN(c2ccc(C34CC5CC(CC(C5)C3)C4)cc2)S(C)(=O)=O)[C@H](C)C(=O)NC2CCCC2)cc1. The molecular weight excluding hydrogens is 558 g/mol. The van der Waals surface area contributed by atoms with E-state index in [4.69, 9.17) is 0 Å². The molecule has 4 bridgehead atoms. The van der Waals surface area contributed by atoms with Gasteiger partial charge in [-0.25, -0.2) is 8.42 Å². The number of amides is 2. The molecular formula is C35H47N3O4S. The summed E-state index contributed by atoms with van der Waals surface area (Å²) in [7, 11) is -3.76.